The summed E-state index contributed by atoms with van der Waals surface area (Å²) in [6.07, 6.45) is 0. The van der Waals surface area contributed by atoms with Crippen LogP contribution in [0, 0.1) is 0 Å². The Labute approximate surface area is 120 Å². The molecule has 1 aliphatic rings. The molecule has 1 aliphatic heterocycles. The highest BCUT2D eigenvalue weighted by molar-refractivity contribution is 5.74. The van der Waals surface area contributed by atoms with Crippen molar-refractivity contribution in [1.29, 1.82) is 0 Å². The van der Waals surface area contributed by atoms with Crippen molar-refractivity contribution < 1.29 is 9.53 Å². The van der Waals surface area contributed by atoms with Gasteiger partial charge in [-0.2, -0.15) is 0 Å². The molecule has 2 rings (SSSR count). The number of hydrogen-bond acceptors (Lipinski definition) is 3. The molecule has 110 valence electrons. The summed E-state index contributed by atoms with van der Waals surface area (Å²) in [5, 5.41) is 2.90. The Kier molecular flexibility index (Phi) is 5.68. The number of para-hydroxylation sites is 1. The van der Waals surface area contributed by atoms with Gasteiger partial charge in [-0.15, -0.1) is 0 Å². The van der Waals surface area contributed by atoms with Crippen molar-refractivity contribution in [3.05, 3.63) is 30.3 Å². The first-order valence-electron chi connectivity index (χ1n) is 7.22. The molecule has 1 fully saturated rings. The highest BCUT2D eigenvalue weighted by atomic mass is 16.5. The Morgan fingerprint density at radius 2 is 1.90 bits per heavy atom. The van der Waals surface area contributed by atoms with Gasteiger partial charge in [-0.05, 0) is 18.7 Å². The Morgan fingerprint density at radius 1 is 1.20 bits per heavy atom. The van der Waals surface area contributed by atoms with E-state index >= 15 is 0 Å². The Morgan fingerprint density at radius 3 is 2.55 bits per heavy atom. The van der Waals surface area contributed by atoms with Crippen molar-refractivity contribution in [3.8, 4) is 5.75 Å². The van der Waals surface area contributed by atoms with Crippen LogP contribution in [0.1, 0.15) is 6.92 Å². The van der Waals surface area contributed by atoms with E-state index in [1.165, 1.54) is 0 Å². The Bertz CT molecular complexity index is 403. The summed E-state index contributed by atoms with van der Waals surface area (Å²) in [5.74, 6) is 0.832. The summed E-state index contributed by atoms with van der Waals surface area (Å²) in [7, 11) is 0. The number of benzene rings is 1. The van der Waals surface area contributed by atoms with E-state index in [4.69, 9.17) is 4.74 Å². The van der Waals surface area contributed by atoms with Crippen molar-refractivity contribution in [1.82, 2.24) is 15.1 Å². The summed E-state index contributed by atoms with van der Waals surface area (Å²) in [6.45, 7) is 7.76. The van der Waals surface area contributed by atoms with Crippen LogP contribution in [0.2, 0.25) is 0 Å². The minimum Gasteiger partial charge on any atom is -0.492 e. The van der Waals surface area contributed by atoms with Crippen LogP contribution in [0.3, 0.4) is 0 Å². The van der Waals surface area contributed by atoms with E-state index < -0.39 is 0 Å². The van der Waals surface area contributed by atoms with Crippen LogP contribution >= 0.6 is 0 Å². The molecule has 0 saturated carbocycles. The second-order valence-electron chi connectivity index (χ2n) is 4.81. The van der Waals surface area contributed by atoms with Gasteiger partial charge >= 0.3 is 6.03 Å². The Balaban J connectivity index is 1.61. The molecule has 1 aromatic rings. The quantitative estimate of drug-likeness (QED) is 0.828. The van der Waals surface area contributed by atoms with Crippen LogP contribution in [0.15, 0.2) is 30.3 Å². The smallest absolute Gasteiger partial charge is 0.317 e. The lowest BCUT2D eigenvalue weighted by atomic mass is 10.3. The molecule has 1 N–H and O–H groups in total. The first kappa shape index (κ1) is 14.7. The highest BCUT2D eigenvalue weighted by Gasteiger charge is 2.19. The maximum absolute atomic E-state index is 11.9. The topological polar surface area (TPSA) is 44.8 Å². The van der Waals surface area contributed by atoms with Crippen molar-refractivity contribution in [2.24, 2.45) is 0 Å². The molecule has 2 amide bonds. The lowest BCUT2D eigenvalue weighted by Gasteiger charge is -2.33. The van der Waals surface area contributed by atoms with E-state index in [9.17, 15) is 4.79 Å². The molecule has 1 saturated heterocycles. The number of amides is 2. The third-order valence-corrected chi connectivity index (χ3v) is 3.50. The van der Waals surface area contributed by atoms with Gasteiger partial charge in [-0.25, -0.2) is 4.79 Å². The van der Waals surface area contributed by atoms with Crippen LogP contribution in [-0.4, -0.2) is 61.7 Å². The zero-order chi connectivity index (χ0) is 14.2. The third-order valence-electron chi connectivity index (χ3n) is 3.50. The van der Waals surface area contributed by atoms with Crippen LogP contribution in [-0.2, 0) is 0 Å². The maximum Gasteiger partial charge on any atom is 0.317 e. The molecule has 5 heteroatoms. The molecular formula is C15H23N3O2. The van der Waals surface area contributed by atoms with Gasteiger partial charge in [0.1, 0.15) is 12.4 Å². The van der Waals surface area contributed by atoms with E-state index in [0.717, 1.165) is 38.5 Å². The van der Waals surface area contributed by atoms with E-state index in [1.54, 1.807) is 0 Å². The third kappa shape index (κ3) is 4.42. The fourth-order valence-corrected chi connectivity index (χ4v) is 2.22. The monoisotopic (exact) mass is 277 g/mol. The van der Waals surface area contributed by atoms with Gasteiger partial charge in [0.2, 0.25) is 0 Å². The van der Waals surface area contributed by atoms with E-state index in [0.29, 0.717) is 13.2 Å². The second-order valence-corrected chi connectivity index (χ2v) is 4.81. The predicted molar refractivity (Wildman–Crippen MR) is 79.0 cm³/mol. The highest BCUT2D eigenvalue weighted by Crippen LogP contribution is 2.07. The average molecular weight is 277 g/mol. The first-order valence-corrected chi connectivity index (χ1v) is 7.22. The van der Waals surface area contributed by atoms with Crippen molar-refractivity contribution in [3.63, 3.8) is 0 Å². The number of carbonyl (C=O) groups excluding carboxylic acids is 1. The fourth-order valence-electron chi connectivity index (χ4n) is 2.22. The van der Waals surface area contributed by atoms with Crippen molar-refractivity contribution in [2.75, 3.05) is 45.9 Å². The largest absolute Gasteiger partial charge is 0.492 e. The van der Waals surface area contributed by atoms with Crippen LogP contribution in [0.4, 0.5) is 4.79 Å². The zero-order valence-electron chi connectivity index (χ0n) is 12.0. The molecular weight excluding hydrogens is 254 g/mol. The number of hydrogen-bond donors (Lipinski definition) is 1. The Hall–Kier alpha value is -1.75. The molecule has 0 radical (unpaired) electrons. The summed E-state index contributed by atoms with van der Waals surface area (Å²) < 4.78 is 5.54. The summed E-state index contributed by atoms with van der Waals surface area (Å²) >= 11 is 0. The molecule has 0 aromatic heterocycles. The van der Waals surface area contributed by atoms with Gasteiger partial charge in [0.25, 0.3) is 0 Å². The summed E-state index contributed by atoms with van der Waals surface area (Å²) in [4.78, 5) is 16.2. The van der Waals surface area contributed by atoms with Gasteiger partial charge in [0.15, 0.2) is 0 Å². The second kappa shape index (κ2) is 7.75. The summed E-state index contributed by atoms with van der Waals surface area (Å²) in [5.41, 5.74) is 0. The predicted octanol–water partition coefficient (Wildman–Crippen LogP) is 1.41. The van der Waals surface area contributed by atoms with Crippen LogP contribution in [0.5, 0.6) is 5.75 Å². The van der Waals surface area contributed by atoms with Crippen molar-refractivity contribution >= 4 is 6.03 Å². The molecule has 5 nitrogen and oxygen atoms in total. The van der Waals surface area contributed by atoms with E-state index in [1.807, 2.05) is 35.2 Å². The van der Waals surface area contributed by atoms with Gasteiger partial charge in [-0.3, -0.25) is 0 Å². The number of nitrogens with zero attached hydrogens (tertiary/aromatic N) is 2. The standard InChI is InChI=1S/C15H23N3O2/c1-2-17-9-11-18(12-10-17)15(19)16-8-13-20-14-6-4-3-5-7-14/h3-7H,2,8-13H2,1H3,(H,16,19). The number of piperazine rings is 1. The number of nitrogens with one attached hydrogen (secondary N) is 1. The minimum absolute atomic E-state index is 0.0115. The molecule has 1 heterocycles. The normalized spacial score (nSPS) is 15.9. The maximum atomic E-state index is 11.9. The van der Waals surface area contributed by atoms with Gasteiger partial charge < -0.3 is 19.9 Å². The van der Waals surface area contributed by atoms with Crippen LogP contribution in [0.25, 0.3) is 0 Å². The van der Waals surface area contributed by atoms with Gasteiger partial charge in [0.05, 0.1) is 6.54 Å². The number of rotatable bonds is 5. The molecule has 0 spiro atoms. The van der Waals surface area contributed by atoms with Crippen molar-refractivity contribution in [2.45, 2.75) is 6.92 Å². The van der Waals surface area contributed by atoms with Gasteiger partial charge in [-0.1, -0.05) is 25.1 Å². The lowest BCUT2D eigenvalue weighted by Crippen LogP contribution is -2.52. The summed E-state index contributed by atoms with van der Waals surface area (Å²) in [6, 6.07) is 9.64. The molecule has 20 heavy (non-hydrogen) atoms. The molecule has 0 atom stereocenters. The minimum atomic E-state index is 0.0115. The first-order chi connectivity index (χ1) is 9.79. The molecule has 0 bridgehead atoms. The number of likely N-dealkylation sites (N-methyl/N-ethyl adjacent to an activating group) is 1. The molecule has 1 aromatic carbocycles. The van der Waals surface area contributed by atoms with Gasteiger partial charge in [0, 0.05) is 26.2 Å². The molecule has 0 aliphatic carbocycles. The fraction of sp³-hybridized carbons (Fsp3) is 0.533. The van der Waals surface area contributed by atoms with E-state index in [-0.39, 0.29) is 6.03 Å². The average Bonchev–Trinajstić information content (AvgIpc) is 2.52. The molecule has 0 unspecified atom stereocenters. The van der Waals surface area contributed by atoms with Crippen LogP contribution < -0.4 is 10.1 Å². The zero-order valence-corrected chi connectivity index (χ0v) is 12.0. The lowest BCUT2D eigenvalue weighted by molar-refractivity contribution is 0.142. The SMILES string of the molecule is CCN1CCN(C(=O)NCCOc2ccccc2)CC1. The number of ether oxygens (including phenoxy) is 1. The number of urea groups is 1. The van der Waals surface area contributed by atoms with E-state index in [2.05, 4.69) is 17.1 Å². The number of carbonyl (C=O) groups is 1.